The molecule has 1 amide bonds. The summed E-state index contributed by atoms with van der Waals surface area (Å²) in [7, 11) is 0. The second kappa shape index (κ2) is 6.98. The molecule has 0 spiro atoms. The SMILES string of the molecule is O=C(Cn1nnc2sc3c(c2c1=O)CCCC3)Nc1cc(Cl)ccc1Cl. The molecule has 0 saturated heterocycles. The molecule has 0 fully saturated rings. The lowest BCUT2D eigenvalue weighted by atomic mass is 9.97. The van der Waals surface area contributed by atoms with Crippen LogP contribution in [0.1, 0.15) is 23.3 Å². The number of anilines is 1. The minimum atomic E-state index is -0.422. The van der Waals surface area contributed by atoms with Gasteiger partial charge < -0.3 is 5.32 Å². The van der Waals surface area contributed by atoms with Crippen molar-refractivity contribution in [2.45, 2.75) is 32.2 Å². The van der Waals surface area contributed by atoms with E-state index >= 15 is 0 Å². The lowest BCUT2D eigenvalue weighted by Gasteiger charge is -2.10. The fourth-order valence-corrected chi connectivity index (χ4v) is 4.66. The highest BCUT2D eigenvalue weighted by atomic mass is 35.5. The smallest absolute Gasteiger partial charge is 0.279 e. The first-order valence-electron chi connectivity index (χ1n) is 8.16. The Morgan fingerprint density at radius 1 is 1.27 bits per heavy atom. The van der Waals surface area contributed by atoms with Gasteiger partial charge in [0, 0.05) is 9.90 Å². The highest BCUT2D eigenvalue weighted by molar-refractivity contribution is 7.18. The highest BCUT2D eigenvalue weighted by Gasteiger charge is 2.21. The fourth-order valence-electron chi connectivity index (χ4n) is 3.13. The van der Waals surface area contributed by atoms with Gasteiger partial charge in [-0.15, -0.1) is 16.4 Å². The summed E-state index contributed by atoms with van der Waals surface area (Å²) in [6.45, 7) is -0.241. The van der Waals surface area contributed by atoms with Gasteiger partial charge in [0.2, 0.25) is 5.91 Å². The second-order valence-corrected chi connectivity index (χ2v) is 8.04. The maximum Gasteiger partial charge on any atom is 0.279 e. The third-order valence-corrected chi connectivity index (χ3v) is 6.08. The first-order chi connectivity index (χ1) is 12.5. The summed E-state index contributed by atoms with van der Waals surface area (Å²) in [4.78, 5) is 27.0. The number of nitrogens with one attached hydrogen (secondary N) is 1. The molecule has 1 N–H and O–H groups in total. The highest BCUT2D eigenvalue weighted by Crippen LogP contribution is 2.33. The molecular weight excluding hydrogens is 395 g/mol. The molecule has 9 heteroatoms. The van der Waals surface area contributed by atoms with Gasteiger partial charge >= 0.3 is 0 Å². The molecule has 6 nitrogen and oxygen atoms in total. The molecule has 4 rings (SSSR count). The maximum atomic E-state index is 12.8. The van der Waals surface area contributed by atoms with Crippen molar-refractivity contribution in [2.75, 3.05) is 5.32 Å². The average Bonchev–Trinajstić information content (AvgIpc) is 3.00. The Kier molecular flexibility index (Phi) is 4.69. The van der Waals surface area contributed by atoms with Crippen molar-refractivity contribution in [3.8, 4) is 0 Å². The first-order valence-corrected chi connectivity index (χ1v) is 9.73. The minimum absolute atomic E-state index is 0.241. The molecular formula is C17H14Cl2N4O2S. The molecule has 0 aliphatic heterocycles. The van der Waals surface area contributed by atoms with Crippen LogP contribution in [0.3, 0.4) is 0 Å². The van der Waals surface area contributed by atoms with Crippen molar-refractivity contribution in [2.24, 2.45) is 0 Å². The van der Waals surface area contributed by atoms with Gasteiger partial charge in [0.25, 0.3) is 5.56 Å². The van der Waals surface area contributed by atoms with Crippen LogP contribution in [0, 0.1) is 0 Å². The predicted octanol–water partition coefficient (Wildman–Crippen LogP) is 3.68. The molecule has 2 heterocycles. The largest absolute Gasteiger partial charge is 0.323 e. The van der Waals surface area contributed by atoms with Crippen molar-refractivity contribution >= 4 is 56.3 Å². The zero-order valence-electron chi connectivity index (χ0n) is 13.6. The van der Waals surface area contributed by atoms with Crippen molar-refractivity contribution in [1.29, 1.82) is 0 Å². The molecule has 0 unspecified atom stereocenters. The molecule has 0 saturated carbocycles. The molecule has 1 aliphatic carbocycles. The summed E-state index contributed by atoms with van der Waals surface area (Å²) in [5.41, 5.74) is 1.18. The first kappa shape index (κ1) is 17.5. The number of carbonyl (C=O) groups excluding carboxylic acids is 1. The van der Waals surface area contributed by atoms with E-state index in [0.717, 1.165) is 35.9 Å². The zero-order valence-corrected chi connectivity index (χ0v) is 15.9. The number of halogens is 2. The lowest BCUT2D eigenvalue weighted by molar-refractivity contribution is -0.117. The van der Waals surface area contributed by atoms with Gasteiger partial charge in [-0.2, -0.15) is 0 Å². The van der Waals surface area contributed by atoms with Crippen molar-refractivity contribution in [3.63, 3.8) is 0 Å². The van der Waals surface area contributed by atoms with Gasteiger partial charge in [0.05, 0.1) is 16.1 Å². The van der Waals surface area contributed by atoms with Crippen LogP contribution in [0.4, 0.5) is 5.69 Å². The van der Waals surface area contributed by atoms with E-state index in [0.29, 0.717) is 25.9 Å². The Morgan fingerprint density at radius 3 is 2.92 bits per heavy atom. The van der Waals surface area contributed by atoms with Gasteiger partial charge in [-0.3, -0.25) is 9.59 Å². The van der Waals surface area contributed by atoms with Gasteiger partial charge in [-0.1, -0.05) is 28.4 Å². The monoisotopic (exact) mass is 408 g/mol. The van der Waals surface area contributed by atoms with Crippen LogP contribution in [0.25, 0.3) is 10.2 Å². The zero-order chi connectivity index (χ0) is 18.3. The van der Waals surface area contributed by atoms with E-state index in [1.54, 1.807) is 18.2 Å². The van der Waals surface area contributed by atoms with E-state index in [2.05, 4.69) is 15.6 Å². The van der Waals surface area contributed by atoms with E-state index in [9.17, 15) is 9.59 Å². The summed E-state index contributed by atoms with van der Waals surface area (Å²) in [5.74, 6) is -0.422. The van der Waals surface area contributed by atoms with Gasteiger partial charge in [0.15, 0.2) is 4.83 Å². The van der Waals surface area contributed by atoms with Crippen LogP contribution in [-0.2, 0) is 24.2 Å². The maximum absolute atomic E-state index is 12.8. The number of carbonyl (C=O) groups is 1. The Balaban J connectivity index is 1.63. The number of thiophene rings is 1. The Morgan fingerprint density at radius 2 is 2.08 bits per heavy atom. The molecule has 26 heavy (non-hydrogen) atoms. The summed E-state index contributed by atoms with van der Waals surface area (Å²) >= 11 is 13.5. The van der Waals surface area contributed by atoms with Crippen LogP contribution >= 0.6 is 34.5 Å². The number of rotatable bonds is 3. The molecule has 1 aromatic carbocycles. The van der Waals surface area contributed by atoms with Gasteiger partial charge in [0.1, 0.15) is 6.54 Å². The van der Waals surface area contributed by atoms with Crippen molar-refractivity contribution < 1.29 is 4.79 Å². The van der Waals surface area contributed by atoms with Crippen molar-refractivity contribution in [3.05, 3.63) is 49.0 Å². The summed E-state index contributed by atoms with van der Waals surface area (Å²) in [5, 5.41) is 12.1. The Hall–Kier alpha value is -1.96. The number of amides is 1. The third kappa shape index (κ3) is 3.22. The van der Waals surface area contributed by atoms with Gasteiger partial charge in [-0.25, -0.2) is 4.68 Å². The predicted molar refractivity (Wildman–Crippen MR) is 103 cm³/mol. The fraction of sp³-hybridized carbons (Fsp3) is 0.294. The summed E-state index contributed by atoms with van der Waals surface area (Å²) in [6, 6.07) is 4.77. The lowest BCUT2D eigenvalue weighted by Crippen LogP contribution is -2.30. The van der Waals surface area contributed by atoms with Crippen LogP contribution < -0.4 is 10.9 Å². The van der Waals surface area contributed by atoms with E-state index in [1.165, 1.54) is 16.2 Å². The average molecular weight is 409 g/mol. The minimum Gasteiger partial charge on any atom is -0.323 e. The molecule has 134 valence electrons. The standard InChI is InChI=1S/C17H14Cl2N4O2S/c18-9-5-6-11(19)12(7-9)20-14(24)8-23-17(25)15-10-3-1-2-4-13(10)26-16(15)21-22-23/h5-7H,1-4,8H2,(H,20,24). The quantitative estimate of drug-likeness (QED) is 0.716. The number of aromatic nitrogens is 3. The normalized spacial score (nSPS) is 13.6. The molecule has 3 aromatic rings. The number of hydrogen-bond acceptors (Lipinski definition) is 5. The number of aryl methyl sites for hydroxylation is 2. The Bertz CT molecular complexity index is 1080. The van der Waals surface area contributed by atoms with Gasteiger partial charge in [-0.05, 0) is 49.4 Å². The van der Waals surface area contributed by atoms with E-state index in [4.69, 9.17) is 23.2 Å². The summed E-state index contributed by atoms with van der Waals surface area (Å²) in [6.07, 6.45) is 4.04. The van der Waals surface area contributed by atoms with E-state index < -0.39 is 5.91 Å². The van der Waals surface area contributed by atoms with Crippen LogP contribution in [0.5, 0.6) is 0 Å². The topological polar surface area (TPSA) is 76.9 Å². The number of nitrogens with zero attached hydrogens (tertiary/aromatic N) is 3. The molecule has 0 radical (unpaired) electrons. The molecule has 0 bridgehead atoms. The van der Waals surface area contributed by atoms with Crippen LogP contribution in [0.2, 0.25) is 10.0 Å². The number of benzene rings is 1. The number of hydrogen-bond donors (Lipinski definition) is 1. The second-order valence-electron chi connectivity index (χ2n) is 6.12. The van der Waals surface area contributed by atoms with E-state index in [1.807, 2.05) is 0 Å². The summed E-state index contributed by atoms with van der Waals surface area (Å²) < 4.78 is 1.09. The number of fused-ring (bicyclic) bond motifs is 3. The van der Waals surface area contributed by atoms with Crippen LogP contribution in [-0.4, -0.2) is 20.9 Å². The Labute approximate surface area is 162 Å². The molecule has 2 aromatic heterocycles. The van der Waals surface area contributed by atoms with E-state index in [-0.39, 0.29) is 12.1 Å². The van der Waals surface area contributed by atoms with Crippen molar-refractivity contribution in [1.82, 2.24) is 15.0 Å². The third-order valence-electron chi connectivity index (χ3n) is 4.34. The molecule has 1 aliphatic rings. The molecule has 0 atom stereocenters. The van der Waals surface area contributed by atoms with Crippen LogP contribution in [0.15, 0.2) is 23.0 Å².